The van der Waals surface area contributed by atoms with Crippen molar-refractivity contribution in [2.24, 2.45) is 0 Å². The van der Waals surface area contributed by atoms with Gasteiger partial charge in [0, 0.05) is 13.2 Å². The Morgan fingerprint density at radius 2 is 0.810 bits per heavy atom. The number of halogens is 2. The van der Waals surface area contributed by atoms with E-state index in [2.05, 4.69) is 13.8 Å². The second kappa shape index (κ2) is 33.0. The van der Waals surface area contributed by atoms with Gasteiger partial charge < -0.3 is 10.2 Å². The maximum atomic E-state index is 8.42. The minimum atomic E-state index is -0.556. The second-order valence-corrected chi connectivity index (χ2v) is 7.63. The summed E-state index contributed by atoms with van der Waals surface area (Å²) in [4.78, 5) is 0. The predicted molar refractivity (Wildman–Crippen MR) is 92.6 cm³/mol. The molecule has 0 heterocycles. The van der Waals surface area contributed by atoms with E-state index in [0.717, 1.165) is 12.8 Å². The Balaban J connectivity index is -0.000000260. The van der Waals surface area contributed by atoms with E-state index in [9.17, 15) is 0 Å². The summed E-state index contributed by atoms with van der Waals surface area (Å²) in [7, 11) is 9.78. The zero-order chi connectivity index (χ0) is 16.6. The van der Waals surface area contributed by atoms with Crippen LogP contribution >= 0.6 is 18.6 Å². The van der Waals surface area contributed by atoms with Crippen LogP contribution in [-0.2, 0) is 17.0 Å². The molecule has 0 aromatic heterocycles. The molecule has 2 nitrogen and oxygen atoms in total. The van der Waals surface area contributed by atoms with Gasteiger partial charge in [0.15, 0.2) is 0 Å². The van der Waals surface area contributed by atoms with Crippen LogP contribution in [0.15, 0.2) is 0 Å². The van der Waals surface area contributed by atoms with Gasteiger partial charge in [0.25, 0.3) is 0 Å². The number of hydrogen-bond donors (Lipinski definition) is 2. The zero-order valence-electron chi connectivity index (χ0n) is 14.0. The van der Waals surface area contributed by atoms with Gasteiger partial charge in [-0.2, -0.15) is 0 Å². The predicted octanol–water partition coefficient (Wildman–Crippen LogP) is 6.05. The maximum absolute atomic E-state index is 8.42. The standard InChI is InChI=1S/2C8H18O.2ClH.Ti/c2*1-2-3-4-5-6-7-8-9;;;/h2*9H,2-8H2,1H3;2*1H;/q;;;;+2/p-2. The van der Waals surface area contributed by atoms with Crippen molar-refractivity contribution in [1.82, 2.24) is 0 Å². The van der Waals surface area contributed by atoms with Gasteiger partial charge in [-0.15, -0.1) is 0 Å². The monoisotopic (exact) mass is 378 g/mol. The average Bonchev–Trinajstić information content (AvgIpc) is 2.49. The molecule has 0 fully saturated rings. The Hall–Kier alpha value is 1.21. The third kappa shape index (κ3) is 44.9. The van der Waals surface area contributed by atoms with Crippen LogP contribution in [0, 0.1) is 0 Å². The van der Waals surface area contributed by atoms with Gasteiger partial charge in [0.2, 0.25) is 0 Å². The van der Waals surface area contributed by atoms with Crippen LogP contribution in [0.2, 0.25) is 0 Å². The molecule has 0 atom stereocenters. The molecule has 0 saturated carbocycles. The molecule has 0 aromatic carbocycles. The van der Waals surface area contributed by atoms with Crippen molar-refractivity contribution in [2.45, 2.75) is 90.9 Å². The molecule has 0 aliphatic rings. The summed E-state index contributed by atoms with van der Waals surface area (Å²) in [5, 5.41) is 16.8. The van der Waals surface area contributed by atoms with Crippen molar-refractivity contribution in [2.75, 3.05) is 13.2 Å². The van der Waals surface area contributed by atoms with Crippen LogP contribution in [0.4, 0.5) is 0 Å². The first-order chi connectivity index (χ1) is 10.2. The summed E-state index contributed by atoms with van der Waals surface area (Å²) in [6.07, 6.45) is 15.0. The van der Waals surface area contributed by atoms with Gasteiger partial charge >= 0.3 is 35.6 Å². The molecule has 0 spiro atoms. The fourth-order valence-electron chi connectivity index (χ4n) is 1.78. The zero-order valence-corrected chi connectivity index (χ0v) is 17.1. The molecule has 0 unspecified atom stereocenters. The summed E-state index contributed by atoms with van der Waals surface area (Å²) < 4.78 is 0. The Labute approximate surface area is 149 Å². The first kappa shape index (κ1) is 27.1. The summed E-state index contributed by atoms with van der Waals surface area (Å²) in [5.41, 5.74) is 0. The Bertz CT molecular complexity index is 115. The van der Waals surface area contributed by atoms with Gasteiger partial charge in [0.1, 0.15) is 0 Å². The number of unbranched alkanes of at least 4 members (excludes halogenated alkanes) is 10. The van der Waals surface area contributed by atoms with Crippen LogP contribution in [0.1, 0.15) is 90.9 Å². The van der Waals surface area contributed by atoms with Crippen LogP contribution < -0.4 is 0 Å². The molecule has 0 amide bonds. The normalized spacial score (nSPS) is 9.24. The number of aliphatic hydroxyl groups excluding tert-OH is 2. The third-order valence-electron chi connectivity index (χ3n) is 3.02. The van der Waals surface area contributed by atoms with E-state index in [1.807, 2.05) is 0 Å². The molecule has 0 radical (unpaired) electrons. The van der Waals surface area contributed by atoms with E-state index in [1.165, 1.54) is 64.2 Å². The first-order valence-corrected chi connectivity index (χ1v) is 12.7. The fraction of sp³-hybridized carbons (Fsp3) is 1.00. The van der Waals surface area contributed by atoms with E-state index >= 15 is 0 Å². The molecule has 21 heavy (non-hydrogen) atoms. The molecular weight excluding hydrogens is 343 g/mol. The summed E-state index contributed by atoms with van der Waals surface area (Å²) in [6, 6.07) is 0. The van der Waals surface area contributed by atoms with Crippen molar-refractivity contribution >= 4 is 18.6 Å². The minimum absolute atomic E-state index is 0.367. The molecule has 0 aliphatic carbocycles. The molecule has 0 rings (SSSR count). The SMILES string of the molecule is CCCCCCCCO.CCCCCCCCO.[Cl][Ti][Cl]. The Kier molecular flexibility index (Phi) is 42.5. The topological polar surface area (TPSA) is 40.5 Å². The summed E-state index contributed by atoms with van der Waals surface area (Å²) >= 11 is -0.556. The molecule has 0 aromatic rings. The van der Waals surface area contributed by atoms with E-state index < -0.39 is 17.0 Å². The molecule has 2 N–H and O–H groups in total. The first-order valence-electron chi connectivity index (χ1n) is 8.42. The van der Waals surface area contributed by atoms with Crippen LogP contribution in [0.3, 0.4) is 0 Å². The Morgan fingerprint density at radius 1 is 0.571 bits per heavy atom. The average molecular weight is 379 g/mol. The quantitative estimate of drug-likeness (QED) is 0.320. The number of hydrogen-bond acceptors (Lipinski definition) is 2. The molecule has 0 aliphatic heterocycles. The molecule has 0 bridgehead atoms. The van der Waals surface area contributed by atoms with Gasteiger partial charge in [-0.1, -0.05) is 78.1 Å². The van der Waals surface area contributed by atoms with Gasteiger partial charge in [0.05, 0.1) is 0 Å². The van der Waals surface area contributed by atoms with Gasteiger partial charge in [-0.3, -0.25) is 0 Å². The van der Waals surface area contributed by atoms with E-state index in [-0.39, 0.29) is 0 Å². The second-order valence-electron chi connectivity index (χ2n) is 5.05. The van der Waals surface area contributed by atoms with Crippen LogP contribution in [0.25, 0.3) is 0 Å². The molecule has 0 saturated heterocycles. The molecule has 130 valence electrons. The van der Waals surface area contributed by atoms with Crippen molar-refractivity contribution in [3.63, 3.8) is 0 Å². The molecular formula is C16H36Cl2O2Ti. The van der Waals surface area contributed by atoms with Gasteiger partial charge in [-0.05, 0) is 12.8 Å². The van der Waals surface area contributed by atoms with E-state index in [4.69, 9.17) is 28.8 Å². The third-order valence-corrected chi connectivity index (χ3v) is 3.02. The van der Waals surface area contributed by atoms with Crippen molar-refractivity contribution < 1.29 is 27.2 Å². The summed E-state index contributed by atoms with van der Waals surface area (Å²) in [5.74, 6) is 0. The molecule has 5 heteroatoms. The van der Waals surface area contributed by atoms with E-state index in [1.54, 1.807) is 0 Å². The van der Waals surface area contributed by atoms with Crippen molar-refractivity contribution in [3.8, 4) is 0 Å². The fourth-order valence-corrected chi connectivity index (χ4v) is 1.78. The number of rotatable bonds is 12. The summed E-state index contributed by atoms with van der Waals surface area (Å²) in [6.45, 7) is 5.16. The van der Waals surface area contributed by atoms with Crippen molar-refractivity contribution in [1.29, 1.82) is 0 Å². The Morgan fingerprint density at radius 3 is 1.05 bits per heavy atom. The van der Waals surface area contributed by atoms with Gasteiger partial charge in [-0.25, -0.2) is 0 Å². The van der Waals surface area contributed by atoms with Crippen LogP contribution in [-0.4, -0.2) is 23.4 Å². The van der Waals surface area contributed by atoms with Crippen molar-refractivity contribution in [3.05, 3.63) is 0 Å². The van der Waals surface area contributed by atoms with E-state index in [0.29, 0.717) is 13.2 Å². The van der Waals surface area contributed by atoms with Crippen LogP contribution in [0.5, 0.6) is 0 Å². The number of aliphatic hydroxyl groups is 2.